The average Bonchev–Trinajstić information content (AvgIpc) is 2.38. The zero-order valence-corrected chi connectivity index (χ0v) is 12.8. The van der Waals surface area contributed by atoms with Gasteiger partial charge in [-0.2, -0.15) is 0 Å². The van der Waals surface area contributed by atoms with Gasteiger partial charge < -0.3 is 5.32 Å². The first-order valence-electron chi connectivity index (χ1n) is 6.98. The van der Waals surface area contributed by atoms with E-state index in [2.05, 4.69) is 26.1 Å². The Kier molecular flexibility index (Phi) is 6.93. The molecule has 0 aliphatic rings. The van der Waals surface area contributed by atoms with Crippen LogP contribution in [0.3, 0.4) is 0 Å². The lowest BCUT2D eigenvalue weighted by molar-refractivity contribution is 0.0938. The van der Waals surface area contributed by atoms with Crippen molar-refractivity contribution < 1.29 is 4.79 Å². The molecule has 0 bridgehead atoms. The predicted octanol–water partition coefficient (Wildman–Crippen LogP) is 4.37. The molecule has 106 valence electrons. The third-order valence-electron chi connectivity index (χ3n) is 3.17. The van der Waals surface area contributed by atoms with Gasteiger partial charge in [-0.05, 0) is 37.0 Å². The molecule has 1 atom stereocenters. The lowest BCUT2D eigenvalue weighted by Gasteiger charge is -2.14. The molecule has 0 aromatic heterocycles. The summed E-state index contributed by atoms with van der Waals surface area (Å²) in [5.41, 5.74) is 1.73. The van der Waals surface area contributed by atoms with Crippen molar-refractivity contribution in [3.05, 3.63) is 35.4 Å². The van der Waals surface area contributed by atoms with Crippen molar-refractivity contribution in [2.24, 2.45) is 5.92 Å². The van der Waals surface area contributed by atoms with Crippen molar-refractivity contribution in [2.75, 3.05) is 0 Å². The second-order valence-electron chi connectivity index (χ2n) is 5.53. The first kappa shape index (κ1) is 16.0. The van der Waals surface area contributed by atoms with E-state index in [9.17, 15) is 4.79 Å². The van der Waals surface area contributed by atoms with Gasteiger partial charge in [-0.3, -0.25) is 4.79 Å². The normalized spacial score (nSPS) is 12.5. The highest BCUT2D eigenvalue weighted by Crippen LogP contribution is 2.10. The van der Waals surface area contributed by atoms with Gasteiger partial charge >= 0.3 is 0 Å². The number of nitrogens with one attached hydrogen (secondary N) is 1. The lowest BCUT2D eigenvalue weighted by Crippen LogP contribution is -2.32. The minimum atomic E-state index is -0.00170. The van der Waals surface area contributed by atoms with Gasteiger partial charge in [0.1, 0.15) is 0 Å². The lowest BCUT2D eigenvalue weighted by atomic mass is 10.0. The Morgan fingerprint density at radius 2 is 1.79 bits per heavy atom. The first-order valence-corrected chi connectivity index (χ1v) is 7.52. The molecular weight excluding hydrogens is 258 g/mol. The van der Waals surface area contributed by atoms with Crippen LogP contribution in [-0.4, -0.2) is 11.9 Å². The van der Waals surface area contributed by atoms with Crippen LogP contribution in [0.15, 0.2) is 24.3 Å². The van der Waals surface area contributed by atoms with E-state index < -0.39 is 0 Å². The number of benzene rings is 1. The van der Waals surface area contributed by atoms with Gasteiger partial charge in [-0.1, -0.05) is 38.8 Å². The molecule has 1 N–H and O–H groups in total. The fraction of sp³-hybridized carbons (Fsp3) is 0.562. The SMILES string of the molecule is CC(C)CCCC(C)NC(=O)c1ccc(CCl)cc1. The average molecular weight is 282 g/mol. The van der Waals surface area contributed by atoms with Crippen LogP contribution in [0.1, 0.15) is 56.0 Å². The summed E-state index contributed by atoms with van der Waals surface area (Å²) >= 11 is 5.73. The largest absolute Gasteiger partial charge is 0.350 e. The zero-order valence-electron chi connectivity index (χ0n) is 12.1. The van der Waals surface area contributed by atoms with E-state index in [4.69, 9.17) is 11.6 Å². The van der Waals surface area contributed by atoms with Gasteiger partial charge in [-0.25, -0.2) is 0 Å². The number of carbonyl (C=O) groups is 1. The molecule has 0 aliphatic heterocycles. The summed E-state index contributed by atoms with van der Waals surface area (Å²) in [5, 5.41) is 3.04. The molecule has 0 saturated carbocycles. The number of hydrogen-bond donors (Lipinski definition) is 1. The number of halogens is 1. The number of alkyl halides is 1. The molecule has 3 heteroatoms. The smallest absolute Gasteiger partial charge is 0.251 e. The van der Waals surface area contributed by atoms with Crippen molar-refractivity contribution in [2.45, 2.75) is 52.0 Å². The summed E-state index contributed by atoms with van der Waals surface area (Å²) in [6, 6.07) is 7.66. The van der Waals surface area contributed by atoms with E-state index in [1.54, 1.807) is 0 Å². The molecule has 1 unspecified atom stereocenters. The molecule has 1 aromatic rings. The van der Waals surface area contributed by atoms with Crippen LogP contribution in [0.25, 0.3) is 0 Å². The number of amides is 1. The minimum Gasteiger partial charge on any atom is -0.350 e. The van der Waals surface area contributed by atoms with Crippen molar-refractivity contribution >= 4 is 17.5 Å². The number of hydrogen-bond acceptors (Lipinski definition) is 1. The number of rotatable bonds is 7. The topological polar surface area (TPSA) is 29.1 Å². The molecular formula is C16H24ClNO. The Bertz CT molecular complexity index is 386. The van der Waals surface area contributed by atoms with Crippen molar-refractivity contribution in [3.63, 3.8) is 0 Å². The van der Waals surface area contributed by atoms with E-state index in [1.807, 2.05) is 24.3 Å². The summed E-state index contributed by atoms with van der Waals surface area (Å²) in [7, 11) is 0. The fourth-order valence-corrected chi connectivity index (χ4v) is 2.13. The summed E-state index contributed by atoms with van der Waals surface area (Å²) in [6.45, 7) is 6.51. The van der Waals surface area contributed by atoms with Crippen LogP contribution in [-0.2, 0) is 5.88 Å². The third kappa shape index (κ3) is 6.11. The maximum atomic E-state index is 12.0. The Labute approximate surface area is 121 Å². The second-order valence-corrected chi connectivity index (χ2v) is 5.80. The van der Waals surface area contributed by atoms with Crippen molar-refractivity contribution in [3.8, 4) is 0 Å². The Balaban J connectivity index is 2.40. The molecule has 1 aromatic carbocycles. The highest BCUT2D eigenvalue weighted by atomic mass is 35.5. The quantitative estimate of drug-likeness (QED) is 0.739. The third-order valence-corrected chi connectivity index (χ3v) is 3.48. The maximum absolute atomic E-state index is 12.0. The highest BCUT2D eigenvalue weighted by Gasteiger charge is 2.09. The molecule has 0 saturated heterocycles. The highest BCUT2D eigenvalue weighted by molar-refractivity contribution is 6.17. The summed E-state index contributed by atoms with van der Waals surface area (Å²) in [6.07, 6.45) is 3.40. The van der Waals surface area contributed by atoms with Crippen LogP contribution in [0.4, 0.5) is 0 Å². The van der Waals surface area contributed by atoms with E-state index >= 15 is 0 Å². The standard InChI is InChI=1S/C16H24ClNO/c1-12(2)5-4-6-13(3)18-16(19)15-9-7-14(11-17)8-10-15/h7-10,12-13H,4-6,11H2,1-3H3,(H,18,19). The molecule has 0 heterocycles. The minimum absolute atomic E-state index is 0.00170. The number of carbonyl (C=O) groups excluding carboxylic acids is 1. The van der Waals surface area contributed by atoms with Gasteiger partial charge in [-0.15, -0.1) is 11.6 Å². The van der Waals surface area contributed by atoms with Crippen LogP contribution in [0, 0.1) is 5.92 Å². The zero-order chi connectivity index (χ0) is 14.3. The molecule has 0 radical (unpaired) electrons. The predicted molar refractivity (Wildman–Crippen MR) is 81.6 cm³/mol. The van der Waals surface area contributed by atoms with Crippen LogP contribution < -0.4 is 5.32 Å². The van der Waals surface area contributed by atoms with E-state index in [0.717, 1.165) is 24.3 Å². The molecule has 1 rings (SSSR count). The van der Waals surface area contributed by atoms with Gasteiger partial charge in [0.25, 0.3) is 5.91 Å². The van der Waals surface area contributed by atoms with Crippen molar-refractivity contribution in [1.82, 2.24) is 5.32 Å². The molecule has 0 fully saturated rings. The maximum Gasteiger partial charge on any atom is 0.251 e. The monoisotopic (exact) mass is 281 g/mol. The van der Waals surface area contributed by atoms with Crippen molar-refractivity contribution in [1.29, 1.82) is 0 Å². The molecule has 19 heavy (non-hydrogen) atoms. The van der Waals surface area contributed by atoms with Gasteiger partial charge in [0, 0.05) is 17.5 Å². The van der Waals surface area contributed by atoms with E-state index in [0.29, 0.717) is 11.4 Å². The summed E-state index contributed by atoms with van der Waals surface area (Å²) in [4.78, 5) is 12.0. The Hall–Kier alpha value is -1.02. The molecule has 1 amide bonds. The van der Waals surface area contributed by atoms with Crippen LogP contribution in [0.5, 0.6) is 0 Å². The fourth-order valence-electron chi connectivity index (χ4n) is 1.96. The molecule has 0 aliphatic carbocycles. The Morgan fingerprint density at radius 1 is 1.16 bits per heavy atom. The van der Waals surface area contributed by atoms with E-state index in [-0.39, 0.29) is 11.9 Å². The molecule has 2 nitrogen and oxygen atoms in total. The van der Waals surface area contributed by atoms with Gasteiger partial charge in [0.15, 0.2) is 0 Å². The van der Waals surface area contributed by atoms with Gasteiger partial charge in [0.05, 0.1) is 0 Å². The van der Waals surface area contributed by atoms with Crippen LogP contribution >= 0.6 is 11.6 Å². The van der Waals surface area contributed by atoms with E-state index in [1.165, 1.54) is 6.42 Å². The van der Waals surface area contributed by atoms with Crippen LogP contribution in [0.2, 0.25) is 0 Å². The first-order chi connectivity index (χ1) is 9.02. The summed E-state index contributed by atoms with van der Waals surface area (Å²) in [5.74, 6) is 1.21. The summed E-state index contributed by atoms with van der Waals surface area (Å²) < 4.78 is 0. The second kappa shape index (κ2) is 8.21. The van der Waals surface area contributed by atoms with Gasteiger partial charge in [0.2, 0.25) is 0 Å². The molecule has 0 spiro atoms. The Morgan fingerprint density at radius 3 is 2.32 bits per heavy atom.